The van der Waals surface area contributed by atoms with E-state index in [1.807, 2.05) is 0 Å². The molecular formula is C14H14N4O2. The maximum atomic E-state index is 12.3. The molecule has 0 saturated heterocycles. The minimum absolute atomic E-state index is 0.0544. The Kier molecular flexibility index (Phi) is 3.95. The van der Waals surface area contributed by atoms with Crippen LogP contribution >= 0.6 is 0 Å². The second-order valence-electron chi connectivity index (χ2n) is 4.08. The van der Waals surface area contributed by atoms with E-state index in [-0.39, 0.29) is 11.7 Å². The smallest absolute Gasteiger partial charge is 0.276 e. The van der Waals surface area contributed by atoms with Crippen molar-refractivity contribution in [1.29, 1.82) is 0 Å². The molecule has 0 unspecified atom stereocenters. The number of pyridine rings is 1. The molecule has 0 fully saturated rings. The van der Waals surface area contributed by atoms with Crippen LogP contribution in [0.2, 0.25) is 0 Å². The molecule has 0 bridgehead atoms. The Bertz CT molecular complexity index is 641. The molecular weight excluding hydrogens is 256 g/mol. The molecule has 1 aromatic heterocycles. The topological polar surface area (TPSA) is 91.8 Å². The van der Waals surface area contributed by atoms with Gasteiger partial charge in [0.15, 0.2) is 5.84 Å². The van der Waals surface area contributed by atoms with E-state index >= 15 is 0 Å². The van der Waals surface area contributed by atoms with Crippen LogP contribution in [0.25, 0.3) is 0 Å². The third-order valence-corrected chi connectivity index (χ3v) is 2.84. The van der Waals surface area contributed by atoms with Gasteiger partial charge in [-0.05, 0) is 24.3 Å². The van der Waals surface area contributed by atoms with Crippen molar-refractivity contribution in [3.05, 3.63) is 59.9 Å². The second kappa shape index (κ2) is 5.83. The number of rotatable bonds is 3. The lowest BCUT2D eigenvalue weighted by Gasteiger charge is -2.19. The van der Waals surface area contributed by atoms with E-state index in [0.29, 0.717) is 16.9 Å². The Labute approximate surface area is 116 Å². The molecule has 0 spiro atoms. The van der Waals surface area contributed by atoms with Crippen LogP contribution in [-0.4, -0.2) is 29.0 Å². The number of carbonyl (C=O) groups excluding carboxylic acids is 1. The third-order valence-electron chi connectivity index (χ3n) is 2.84. The van der Waals surface area contributed by atoms with Crippen LogP contribution in [0.5, 0.6) is 0 Å². The second-order valence-corrected chi connectivity index (χ2v) is 4.08. The number of benzene rings is 1. The number of carbonyl (C=O) groups is 1. The quantitative estimate of drug-likeness (QED) is 0.382. The molecule has 2 rings (SSSR count). The minimum Gasteiger partial charge on any atom is -0.409 e. The average molecular weight is 270 g/mol. The zero-order valence-electron chi connectivity index (χ0n) is 10.9. The number of amides is 1. The van der Waals surface area contributed by atoms with Gasteiger partial charge in [-0.2, -0.15) is 0 Å². The van der Waals surface area contributed by atoms with Crippen LogP contribution in [0, 0.1) is 0 Å². The van der Waals surface area contributed by atoms with Gasteiger partial charge in [0.25, 0.3) is 5.91 Å². The van der Waals surface area contributed by atoms with Crippen molar-refractivity contribution in [1.82, 2.24) is 4.98 Å². The highest BCUT2D eigenvalue weighted by Gasteiger charge is 2.18. The van der Waals surface area contributed by atoms with Gasteiger partial charge in [-0.3, -0.25) is 9.78 Å². The molecule has 0 atom stereocenters. The number of anilines is 1. The number of nitrogens with two attached hydrogens (primary N) is 1. The van der Waals surface area contributed by atoms with Crippen molar-refractivity contribution in [2.45, 2.75) is 0 Å². The molecule has 0 saturated carbocycles. The van der Waals surface area contributed by atoms with Crippen LogP contribution < -0.4 is 10.6 Å². The summed E-state index contributed by atoms with van der Waals surface area (Å²) in [7, 11) is 1.61. The number of hydrogen-bond acceptors (Lipinski definition) is 4. The lowest BCUT2D eigenvalue weighted by Crippen LogP contribution is -2.29. The van der Waals surface area contributed by atoms with Gasteiger partial charge in [-0.15, -0.1) is 0 Å². The first kappa shape index (κ1) is 13.5. The predicted molar refractivity (Wildman–Crippen MR) is 75.9 cm³/mol. The lowest BCUT2D eigenvalue weighted by molar-refractivity contribution is 0.0988. The largest absolute Gasteiger partial charge is 0.409 e. The molecule has 6 heteroatoms. The van der Waals surface area contributed by atoms with Crippen molar-refractivity contribution in [3.63, 3.8) is 0 Å². The Balaban J connectivity index is 2.39. The summed E-state index contributed by atoms with van der Waals surface area (Å²) in [4.78, 5) is 17.8. The van der Waals surface area contributed by atoms with Crippen LogP contribution in [0.15, 0.2) is 53.8 Å². The molecule has 1 amide bonds. The summed E-state index contributed by atoms with van der Waals surface area (Å²) in [5, 5.41) is 11.8. The van der Waals surface area contributed by atoms with Crippen molar-refractivity contribution in [2.24, 2.45) is 10.9 Å². The Morgan fingerprint density at radius 3 is 2.60 bits per heavy atom. The maximum absolute atomic E-state index is 12.3. The minimum atomic E-state index is -0.274. The van der Waals surface area contributed by atoms with E-state index in [2.05, 4.69) is 10.1 Å². The first-order chi connectivity index (χ1) is 9.65. The Hall–Kier alpha value is -2.89. The van der Waals surface area contributed by atoms with E-state index in [1.165, 1.54) is 4.90 Å². The van der Waals surface area contributed by atoms with Crippen molar-refractivity contribution >= 4 is 17.4 Å². The van der Waals surface area contributed by atoms with Crippen molar-refractivity contribution in [3.8, 4) is 0 Å². The predicted octanol–water partition coefficient (Wildman–Crippen LogP) is 1.45. The van der Waals surface area contributed by atoms with Crippen LogP contribution in [0.4, 0.5) is 5.69 Å². The number of para-hydroxylation sites is 1. The Morgan fingerprint density at radius 2 is 1.95 bits per heavy atom. The van der Waals surface area contributed by atoms with E-state index in [9.17, 15) is 4.79 Å². The van der Waals surface area contributed by atoms with E-state index in [1.54, 1.807) is 55.7 Å². The van der Waals surface area contributed by atoms with E-state index in [0.717, 1.165) is 0 Å². The highest BCUT2D eigenvalue weighted by atomic mass is 16.4. The standard InChI is InChI=1S/C14H14N4O2/c1-18(14(19)11-7-4-5-9-16-11)12-8-3-2-6-10(12)13(15)17-20/h2-9,20H,1H3,(H2,15,17). The normalized spacial score (nSPS) is 11.2. The summed E-state index contributed by atoms with van der Waals surface area (Å²) >= 11 is 0. The summed E-state index contributed by atoms with van der Waals surface area (Å²) in [5.74, 6) is -0.329. The molecule has 2 aromatic rings. The van der Waals surface area contributed by atoms with E-state index < -0.39 is 0 Å². The van der Waals surface area contributed by atoms with Gasteiger partial charge in [0, 0.05) is 18.8 Å². The molecule has 0 aliphatic heterocycles. The van der Waals surface area contributed by atoms with Crippen molar-refractivity contribution < 1.29 is 10.0 Å². The summed E-state index contributed by atoms with van der Waals surface area (Å²) in [6.07, 6.45) is 1.55. The van der Waals surface area contributed by atoms with Gasteiger partial charge in [0.05, 0.1) is 5.69 Å². The monoisotopic (exact) mass is 270 g/mol. The van der Waals surface area contributed by atoms with Gasteiger partial charge < -0.3 is 15.8 Å². The number of nitrogens with zero attached hydrogens (tertiary/aromatic N) is 3. The molecule has 0 radical (unpaired) electrons. The third kappa shape index (κ3) is 2.59. The summed E-state index contributed by atoms with van der Waals surface area (Å²) < 4.78 is 0. The molecule has 3 N–H and O–H groups in total. The van der Waals surface area contributed by atoms with Crippen LogP contribution in [-0.2, 0) is 0 Å². The lowest BCUT2D eigenvalue weighted by atomic mass is 10.1. The first-order valence-electron chi connectivity index (χ1n) is 5.91. The van der Waals surface area contributed by atoms with Gasteiger partial charge in [-0.25, -0.2) is 0 Å². The number of amidine groups is 1. The molecule has 1 aromatic carbocycles. The molecule has 20 heavy (non-hydrogen) atoms. The molecule has 6 nitrogen and oxygen atoms in total. The number of oxime groups is 1. The molecule has 0 aliphatic carbocycles. The van der Waals surface area contributed by atoms with Gasteiger partial charge in [0.2, 0.25) is 0 Å². The van der Waals surface area contributed by atoms with Gasteiger partial charge in [0.1, 0.15) is 5.69 Å². The average Bonchev–Trinajstić information content (AvgIpc) is 2.53. The number of hydrogen-bond donors (Lipinski definition) is 2. The SMILES string of the molecule is CN(C(=O)c1ccccn1)c1ccccc1/C(N)=N/O. The fraction of sp³-hybridized carbons (Fsp3) is 0.0714. The highest BCUT2D eigenvalue weighted by molar-refractivity contribution is 6.10. The molecule has 1 heterocycles. The van der Waals surface area contributed by atoms with Crippen LogP contribution in [0.3, 0.4) is 0 Å². The highest BCUT2D eigenvalue weighted by Crippen LogP contribution is 2.20. The van der Waals surface area contributed by atoms with E-state index in [4.69, 9.17) is 10.9 Å². The fourth-order valence-electron chi connectivity index (χ4n) is 1.81. The van der Waals surface area contributed by atoms with Gasteiger partial charge in [-0.1, -0.05) is 23.4 Å². The van der Waals surface area contributed by atoms with Crippen molar-refractivity contribution in [2.75, 3.05) is 11.9 Å². The zero-order chi connectivity index (χ0) is 14.5. The first-order valence-corrected chi connectivity index (χ1v) is 5.91. The molecule has 102 valence electrons. The maximum Gasteiger partial charge on any atom is 0.276 e. The van der Waals surface area contributed by atoms with Gasteiger partial charge >= 0.3 is 0 Å². The van der Waals surface area contributed by atoms with Crippen LogP contribution in [0.1, 0.15) is 16.1 Å². The summed E-state index contributed by atoms with van der Waals surface area (Å²) in [5.41, 5.74) is 6.96. The molecule has 0 aliphatic rings. The zero-order valence-corrected chi connectivity index (χ0v) is 10.9. The number of aromatic nitrogens is 1. The summed E-state index contributed by atoms with van der Waals surface area (Å²) in [6, 6.07) is 12.0. The Morgan fingerprint density at radius 1 is 1.25 bits per heavy atom. The fourth-order valence-corrected chi connectivity index (χ4v) is 1.81. The summed E-state index contributed by atoms with van der Waals surface area (Å²) in [6.45, 7) is 0.